The number of ether oxygens (including phenoxy) is 2. The Balaban J connectivity index is 1.80. The molecule has 14 heteroatoms. The zero-order valence-corrected chi connectivity index (χ0v) is 20.6. The van der Waals surface area contributed by atoms with Crippen LogP contribution in [0.1, 0.15) is 23.3 Å². The number of hydrogen-bond acceptors (Lipinski definition) is 14. The van der Waals surface area contributed by atoms with Crippen molar-refractivity contribution in [2.45, 2.75) is 54.9 Å². The molecule has 10 N–H and O–H groups in total. The van der Waals surface area contributed by atoms with Gasteiger partial charge in [0.2, 0.25) is 0 Å². The van der Waals surface area contributed by atoms with Gasteiger partial charge < -0.3 is 65.0 Å². The first-order chi connectivity index (χ1) is 19.0. The maximum atomic E-state index is 13.4. The zero-order valence-electron chi connectivity index (χ0n) is 20.6. The van der Waals surface area contributed by atoms with E-state index in [1.54, 1.807) is 0 Å². The molecule has 0 unspecified atom stereocenters. The summed E-state index contributed by atoms with van der Waals surface area (Å²) in [6, 6.07) is 6.50. The summed E-state index contributed by atoms with van der Waals surface area (Å²) in [7, 11) is 0. The fraction of sp³-hybridized carbons (Fsp3) is 0.423. The van der Waals surface area contributed by atoms with Crippen LogP contribution in [0.3, 0.4) is 0 Å². The number of aromatic hydroxyl groups is 3. The highest BCUT2D eigenvalue weighted by Gasteiger charge is 2.48. The molecule has 0 bridgehead atoms. The number of fused-ring (bicyclic) bond motifs is 1. The van der Waals surface area contributed by atoms with E-state index in [0.717, 1.165) is 6.07 Å². The number of benzene rings is 2. The molecule has 0 amide bonds. The molecular formula is C26H28O14. The number of phenols is 3. The van der Waals surface area contributed by atoms with Crippen LogP contribution in [0.5, 0.6) is 17.2 Å². The first kappa shape index (κ1) is 28.2. The third-order valence-corrected chi connectivity index (χ3v) is 7.31. The Morgan fingerprint density at radius 2 is 1.43 bits per heavy atom. The second kappa shape index (κ2) is 10.6. The van der Waals surface area contributed by atoms with Gasteiger partial charge in [0, 0.05) is 11.6 Å². The van der Waals surface area contributed by atoms with E-state index in [1.807, 2.05) is 0 Å². The summed E-state index contributed by atoms with van der Waals surface area (Å²) in [6.45, 7) is -1.34. The third kappa shape index (κ3) is 4.49. The van der Waals surface area contributed by atoms with Gasteiger partial charge in [-0.1, -0.05) is 0 Å². The fourth-order valence-corrected chi connectivity index (χ4v) is 5.11. The van der Waals surface area contributed by atoms with Crippen molar-refractivity contribution in [1.29, 1.82) is 0 Å². The minimum atomic E-state index is -1.98. The average molecular weight is 564 g/mol. The molecule has 2 aliphatic rings. The van der Waals surface area contributed by atoms with Crippen molar-refractivity contribution < 1.29 is 65.0 Å². The molecule has 0 saturated carbocycles. The minimum Gasteiger partial charge on any atom is -0.508 e. The molecule has 9 atom stereocenters. The van der Waals surface area contributed by atoms with Gasteiger partial charge in [0.05, 0.1) is 24.3 Å². The molecule has 2 saturated heterocycles. The van der Waals surface area contributed by atoms with Crippen LogP contribution in [0.4, 0.5) is 0 Å². The molecule has 1 aromatic heterocycles. The Morgan fingerprint density at radius 1 is 0.775 bits per heavy atom. The second-order valence-electron chi connectivity index (χ2n) is 9.80. The molecule has 14 nitrogen and oxygen atoms in total. The first-order valence-corrected chi connectivity index (χ1v) is 12.3. The van der Waals surface area contributed by atoms with Crippen LogP contribution < -0.4 is 5.43 Å². The largest absolute Gasteiger partial charge is 0.508 e. The molecule has 3 heterocycles. The molecule has 5 rings (SSSR count). The second-order valence-corrected chi connectivity index (χ2v) is 9.80. The van der Waals surface area contributed by atoms with E-state index >= 15 is 0 Å². The Morgan fingerprint density at radius 3 is 2.08 bits per heavy atom. The Labute approximate surface area is 224 Å². The molecule has 3 aromatic rings. The average Bonchev–Trinajstić information content (AvgIpc) is 2.92. The van der Waals surface area contributed by atoms with Crippen molar-refractivity contribution in [3.63, 3.8) is 0 Å². The first-order valence-electron chi connectivity index (χ1n) is 12.3. The molecule has 40 heavy (non-hydrogen) atoms. The highest BCUT2D eigenvalue weighted by atomic mass is 16.5. The lowest BCUT2D eigenvalue weighted by Gasteiger charge is -2.41. The van der Waals surface area contributed by atoms with Crippen LogP contribution in [0.15, 0.2) is 39.5 Å². The molecule has 2 aromatic carbocycles. The number of aliphatic hydroxyl groups excluding tert-OH is 7. The molecule has 2 fully saturated rings. The van der Waals surface area contributed by atoms with E-state index < -0.39 is 107 Å². The Bertz CT molecular complexity index is 1450. The van der Waals surface area contributed by atoms with Crippen LogP contribution in [-0.4, -0.2) is 107 Å². The van der Waals surface area contributed by atoms with Crippen LogP contribution in [-0.2, 0) is 9.47 Å². The van der Waals surface area contributed by atoms with E-state index in [-0.39, 0.29) is 11.5 Å². The Kier molecular flexibility index (Phi) is 7.47. The van der Waals surface area contributed by atoms with Crippen LogP contribution in [0.25, 0.3) is 22.3 Å². The third-order valence-electron chi connectivity index (χ3n) is 7.31. The SMILES string of the molecule is O=c1cc(-c2ccc(O)cc2)oc2c([C@@H]3OC[C@H](O)[C@H](O)[C@@H]3O)c(O)c([C@@H]3O[C@H](CO)[C@H](O)[C@H](O)[C@H]3O)c(O)c12. The van der Waals surface area contributed by atoms with E-state index in [0.29, 0.717) is 5.56 Å². The fourth-order valence-electron chi connectivity index (χ4n) is 5.11. The van der Waals surface area contributed by atoms with Crippen LogP contribution >= 0.6 is 0 Å². The van der Waals surface area contributed by atoms with Gasteiger partial charge >= 0.3 is 0 Å². The van der Waals surface area contributed by atoms with Crippen molar-refractivity contribution in [2.75, 3.05) is 13.2 Å². The minimum absolute atomic E-state index is 0.0710. The van der Waals surface area contributed by atoms with Gasteiger partial charge in [-0.05, 0) is 24.3 Å². The van der Waals surface area contributed by atoms with Crippen LogP contribution in [0, 0.1) is 0 Å². The zero-order chi connectivity index (χ0) is 29.0. The molecule has 216 valence electrons. The number of rotatable bonds is 4. The molecule has 0 spiro atoms. The highest BCUT2D eigenvalue weighted by Crippen LogP contribution is 2.50. The summed E-state index contributed by atoms with van der Waals surface area (Å²) < 4.78 is 16.9. The molecule has 0 radical (unpaired) electrons. The summed E-state index contributed by atoms with van der Waals surface area (Å²) in [6.07, 6.45) is -15.7. The van der Waals surface area contributed by atoms with Crippen molar-refractivity contribution in [1.82, 2.24) is 0 Å². The molecule has 2 aliphatic heterocycles. The van der Waals surface area contributed by atoms with E-state index in [9.17, 15) is 55.9 Å². The number of hydrogen-bond donors (Lipinski definition) is 10. The van der Waals surface area contributed by atoms with Crippen molar-refractivity contribution >= 4 is 11.0 Å². The van der Waals surface area contributed by atoms with Gasteiger partial charge in [-0.25, -0.2) is 0 Å². The number of aliphatic hydroxyl groups is 7. The summed E-state index contributed by atoms with van der Waals surface area (Å²) >= 11 is 0. The van der Waals surface area contributed by atoms with E-state index in [1.165, 1.54) is 24.3 Å². The molecular weight excluding hydrogens is 536 g/mol. The van der Waals surface area contributed by atoms with Crippen LogP contribution in [0.2, 0.25) is 0 Å². The quantitative estimate of drug-likeness (QED) is 0.169. The van der Waals surface area contributed by atoms with E-state index in [2.05, 4.69) is 0 Å². The summed E-state index contributed by atoms with van der Waals surface area (Å²) in [4.78, 5) is 13.4. The summed E-state index contributed by atoms with van der Waals surface area (Å²) in [5, 5.41) is 104. The van der Waals surface area contributed by atoms with Crippen molar-refractivity contribution in [3.8, 4) is 28.6 Å². The molecule has 0 aliphatic carbocycles. The lowest BCUT2D eigenvalue weighted by Crippen LogP contribution is -2.55. The monoisotopic (exact) mass is 564 g/mol. The van der Waals surface area contributed by atoms with Gasteiger partial charge in [0.15, 0.2) is 11.0 Å². The topological polar surface area (TPSA) is 251 Å². The van der Waals surface area contributed by atoms with Crippen molar-refractivity contribution in [2.24, 2.45) is 0 Å². The maximum Gasteiger partial charge on any atom is 0.197 e. The smallest absolute Gasteiger partial charge is 0.197 e. The lowest BCUT2D eigenvalue weighted by molar-refractivity contribution is -0.232. The van der Waals surface area contributed by atoms with Gasteiger partial charge in [0.1, 0.15) is 83.3 Å². The predicted octanol–water partition coefficient (Wildman–Crippen LogP) is -1.75. The van der Waals surface area contributed by atoms with Gasteiger partial charge in [0.25, 0.3) is 0 Å². The van der Waals surface area contributed by atoms with E-state index in [4.69, 9.17) is 13.9 Å². The van der Waals surface area contributed by atoms with Gasteiger partial charge in [-0.15, -0.1) is 0 Å². The Hall–Kier alpha value is -3.31. The highest BCUT2D eigenvalue weighted by molar-refractivity contribution is 5.92. The number of phenolic OH excluding ortho intramolecular Hbond substituents is 3. The van der Waals surface area contributed by atoms with Gasteiger partial charge in [-0.2, -0.15) is 0 Å². The normalized spacial score (nSPS) is 32.8. The standard InChI is InChI=1S/C26H28O14/c27-6-13-18(32)21(35)23(37)26(40-13)15-19(33)14-10(29)5-12(8-1-3-9(28)4-2-8)39-24(14)16(20(15)34)25-22(36)17(31)11(30)7-38-25/h1-5,11,13,17-18,21-23,25-28,30-37H,6-7H2/t11-,13+,17-,18-,21-,22-,23+,25-,26-/m0/s1. The maximum absolute atomic E-state index is 13.4. The van der Waals surface area contributed by atoms with Crippen molar-refractivity contribution in [3.05, 3.63) is 51.7 Å². The van der Waals surface area contributed by atoms with Gasteiger partial charge in [-0.3, -0.25) is 4.79 Å². The predicted molar refractivity (Wildman–Crippen MR) is 132 cm³/mol. The summed E-state index contributed by atoms with van der Waals surface area (Å²) in [5.74, 6) is -2.01. The lowest BCUT2D eigenvalue weighted by atomic mass is 9.85. The summed E-state index contributed by atoms with van der Waals surface area (Å²) in [5.41, 5.74) is -2.15.